The van der Waals surface area contributed by atoms with Crippen LogP contribution in [0.4, 0.5) is 0 Å². The van der Waals surface area contributed by atoms with E-state index in [4.69, 9.17) is 9.47 Å². The largest absolute Gasteiger partial charge is 0.454 e. The van der Waals surface area contributed by atoms with Gasteiger partial charge in [0.2, 0.25) is 12.7 Å². The van der Waals surface area contributed by atoms with Crippen LogP contribution in [0.5, 0.6) is 11.5 Å². The van der Waals surface area contributed by atoms with Crippen LogP contribution in [0.15, 0.2) is 18.2 Å². The Balaban J connectivity index is 1.59. The highest BCUT2D eigenvalue weighted by Gasteiger charge is 2.19. The van der Waals surface area contributed by atoms with Crippen LogP contribution < -0.4 is 9.47 Å². The lowest BCUT2D eigenvalue weighted by Crippen LogP contribution is -2.31. The van der Waals surface area contributed by atoms with Crippen molar-refractivity contribution in [3.63, 3.8) is 0 Å². The Hall–Kier alpha value is -1.71. The van der Waals surface area contributed by atoms with Gasteiger partial charge in [0.1, 0.15) is 0 Å². The van der Waals surface area contributed by atoms with Gasteiger partial charge in [-0.2, -0.15) is 0 Å². The molecule has 1 aromatic carbocycles. The van der Waals surface area contributed by atoms with Gasteiger partial charge in [0.15, 0.2) is 11.5 Å². The number of amides is 1. The van der Waals surface area contributed by atoms with Gasteiger partial charge in [-0.15, -0.1) is 0 Å². The number of aryl methyl sites for hydroxylation is 1. The molecule has 0 spiro atoms. The number of hydrogen-bond acceptors (Lipinski definition) is 3. The second-order valence-corrected chi connectivity index (χ2v) is 5.45. The Kier molecular flexibility index (Phi) is 4.09. The molecule has 3 rings (SSSR count). The number of likely N-dealkylation sites (tertiary alicyclic amines) is 1. The molecule has 4 heteroatoms. The van der Waals surface area contributed by atoms with Crippen LogP contribution >= 0.6 is 0 Å². The predicted molar refractivity (Wildman–Crippen MR) is 75.9 cm³/mol. The van der Waals surface area contributed by atoms with Gasteiger partial charge in [-0.3, -0.25) is 4.79 Å². The molecule has 2 aliphatic heterocycles. The van der Waals surface area contributed by atoms with E-state index in [-0.39, 0.29) is 12.7 Å². The van der Waals surface area contributed by atoms with Gasteiger partial charge in [0.05, 0.1) is 0 Å². The maximum absolute atomic E-state index is 12.3. The Bertz CT molecular complexity index is 479. The van der Waals surface area contributed by atoms with Crippen molar-refractivity contribution < 1.29 is 14.3 Å². The molecule has 0 bridgehead atoms. The second-order valence-electron chi connectivity index (χ2n) is 5.45. The first-order valence-corrected chi connectivity index (χ1v) is 7.50. The molecule has 1 amide bonds. The Morgan fingerprint density at radius 2 is 1.90 bits per heavy atom. The van der Waals surface area contributed by atoms with Crippen LogP contribution in [0.2, 0.25) is 0 Å². The molecule has 2 aliphatic rings. The third kappa shape index (κ3) is 2.89. The van der Waals surface area contributed by atoms with Gasteiger partial charge in [0.25, 0.3) is 0 Å². The Morgan fingerprint density at radius 3 is 2.70 bits per heavy atom. The highest BCUT2D eigenvalue weighted by Crippen LogP contribution is 2.35. The number of para-hydroxylation sites is 1. The van der Waals surface area contributed by atoms with Gasteiger partial charge in [0, 0.05) is 19.5 Å². The maximum Gasteiger partial charge on any atom is 0.231 e. The van der Waals surface area contributed by atoms with Gasteiger partial charge in [-0.1, -0.05) is 25.0 Å². The van der Waals surface area contributed by atoms with E-state index in [1.165, 1.54) is 12.8 Å². The summed E-state index contributed by atoms with van der Waals surface area (Å²) in [6, 6.07) is 5.88. The molecule has 1 saturated heterocycles. The number of carbonyl (C=O) groups is 1. The fourth-order valence-electron chi connectivity index (χ4n) is 2.91. The lowest BCUT2D eigenvalue weighted by atomic mass is 10.1. The van der Waals surface area contributed by atoms with Crippen LogP contribution in [0.1, 0.15) is 37.7 Å². The second kappa shape index (κ2) is 6.16. The highest BCUT2D eigenvalue weighted by molar-refractivity contribution is 5.76. The van der Waals surface area contributed by atoms with Crippen molar-refractivity contribution in [3.8, 4) is 11.5 Å². The van der Waals surface area contributed by atoms with Crippen molar-refractivity contribution in [1.82, 2.24) is 4.90 Å². The first-order valence-electron chi connectivity index (χ1n) is 7.50. The molecule has 4 nitrogen and oxygen atoms in total. The van der Waals surface area contributed by atoms with Crippen molar-refractivity contribution in [2.75, 3.05) is 19.9 Å². The van der Waals surface area contributed by atoms with Crippen molar-refractivity contribution in [3.05, 3.63) is 23.8 Å². The zero-order valence-corrected chi connectivity index (χ0v) is 11.8. The number of nitrogens with zero attached hydrogens (tertiary/aromatic N) is 1. The molecule has 1 aromatic rings. The molecule has 0 N–H and O–H groups in total. The lowest BCUT2D eigenvalue weighted by molar-refractivity contribution is -0.131. The maximum atomic E-state index is 12.3. The molecule has 0 saturated carbocycles. The fraction of sp³-hybridized carbons (Fsp3) is 0.562. The molecular weight excluding hydrogens is 254 g/mol. The average Bonchev–Trinajstić information content (AvgIpc) is 2.79. The van der Waals surface area contributed by atoms with E-state index >= 15 is 0 Å². The fourth-order valence-corrected chi connectivity index (χ4v) is 2.91. The number of ether oxygens (including phenoxy) is 2. The van der Waals surface area contributed by atoms with E-state index in [1.807, 2.05) is 23.1 Å². The number of benzene rings is 1. The smallest absolute Gasteiger partial charge is 0.231 e. The minimum atomic E-state index is 0.267. The van der Waals surface area contributed by atoms with E-state index < -0.39 is 0 Å². The number of fused-ring (bicyclic) bond motifs is 1. The van der Waals surface area contributed by atoms with Gasteiger partial charge >= 0.3 is 0 Å². The summed E-state index contributed by atoms with van der Waals surface area (Å²) >= 11 is 0. The van der Waals surface area contributed by atoms with Crippen molar-refractivity contribution >= 4 is 5.91 Å². The number of rotatable bonds is 3. The summed E-state index contributed by atoms with van der Waals surface area (Å²) in [6.07, 6.45) is 6.07. The van der Waals surface area contributed by atoms with Crippen molar-refractivity contribution in [1.29, 1.82) is 0 Å². The zero-order chi connectivity index (χ0) is 13.8. The summed E-state index contributed by atoms with van der Waals surface area (Å²) in [5.41, 5.74) is 1.07. The third-order valence-electron chi connectivity index (χ3n) is 4.05. The topological polar surface area (TPSA) is 38.8 Å². The van der Waals surface area contributed by atoms with Crippen LogP contribution in [0.25, 0.3) is 0 Å². The van der Waals surface area contributed by atoms with Crippen LogP contribution in [-0.2, 0) is 11.2 Å². The number of hydrogen-bond donors (Lipinski definition) is 0. The standard InChI is InChI=1S/C16H21NO3/c18-15(17-10-3-1-2-4-11-17)9-8-13-6-5-7-14-16(13)20-12-19-14/h5-7H,1-4,8-12H2. The van der Waals surface area contributed by atoms with Gasteiger partial charge in [-0.25, -0.2) is 0 Å². The minimum absolute atomic E-state index is 0.267. The average molecular weight is 275 g/mol. The summed E-state index contributed by atoms with van der Waals surface area (Å²) in [5.74, 6) is 1.88. The SMILES string of the molecule is O=C(CCc1cccc2c1OCO2)N1CCCCCC1. The molecule has 108 valence electrons. The first-order chi connectivity index (χ1) is 9.84. The Labute approximate surface area is 119 Å². The molecule has 0 aromatic heterocycles. The zero-order valence-electron chi connectivity index (χ0n) is 11.8. The highest BCUT2D eigenvalue weighted by atomic mass is 16.7. The van der Waals surface area contributed by atoms with E-state index in [9.17, 15) is 4.79 Å². The van der Waals surface area contributed by atoms with Crippen LogP contribution in [0.3, 0.4) is 0 Å². The summed E-state index contributed by atoms with van der Waals surface area (Å²) in [5, 5.41) is 0. The summed E-state index contributed by atoms with van der Waals surface area (Å²) in [4.78, 5) is 14.3. The summed E-state index contributed by atoms with van der Waals surface area (Å²) in [7, 11) is 0. The lowest BCUT2D eigenvalue weighted by Gasteiger charge is -2.20. The third-order valence-corrected chi connectivity index (χ3v) is 4.05. The van der Waals surface area contributed by atoms with E-state index in [2.05, 4.69) is 0 Å². The molecule has 0 atom stereocenters. The summed E-state index contributed by atoms with van der Waals surface area (Å²) in [6.45, 7) is 2.13. The molecular formula is C16H21NO3. The Morgan fingerprint density at radius 1 is 1.10 bits per heavy atom. The van der Waals surface area contributed by atoms with Crippen LogP contribution in [-0.4, -0.2) is 30.7 Å². The van der Waals surface area contributed by atoms with E-state index in [0.717, 1.165) is 49.4 Å². The minimum Gasteiger partial charge on any atom is -0.454 e. The molecule has 2 heterocycles. The molecule has 20 heavy (non-hydrogen) atoms. The van der Waals surface area contributed by atoms with E-state index in [0.29, 0.717) is 6.42 Å². The van der Waals surface area contributed by atoms with Crippen molar-refractivity contribution in [2.45, 2.75) is 38.5 Å². The quantitative estimate of drug-likeness (QED) is 0.851. The van der Waals surface area contributed by atoms with Gasteiger partial charge in [-0.05, 0) is 30.9 Å². The molecule has 0 aliphatic carbocycles. The monoisotopic (exact) mass is 275 g/mol. The van der Waals surface area contributed by atoms with Crippen molar-refractivity contribution in [2.24, 2.45) is 0 Å². The van der Waals surface area contributed by atoms with E-state index in [1.54, 1.807) is 0 Å². The summed E-state index contributed by atoms with van der Waals surface area (Å²) < 4.78 is 10.8. The van der Waals surface area contributed by atoms with Gasteiger partial charge < -0.3 is 14.4 Å². The first kappa shape index (κ1) is 13.3. The normalized spacial score (nSPS) is 17.9. The predicted octanol–water partition coefficient (Wildman–Crippen LogP) is 2.75. The number of carbonyl (C=O) groups excluding carboxylic acids is 1. The molecule has 0 radical (unpaired) electrons. The molecule has 1 fully saturated rings. The van der Waals surface area contributed by atoms with Crippen LogP contribution in [0, 0.1) is 0 Å². The molecule has 0 unspecified atom stereocenters.